The van der Waals surface area contributed by atoms with Crippen LogP contribution in [-0.2, 0) is 0 Å². The number of unbranched alkanes of at least 4 members (excludes halogenated alkanes) is 8. The van der Waals surface area contributed by atoms with Crippen molar-refractivity contribution < 1.29 is 0 Å². The number of hydrogen-bond acceptors (Lipinski definition) is 9. The van der Waals surface area contributed by atoms with E-state index in [0.29, 0.717) is 0 Å². The third-order valence-electron chi connectivity index (χ3n) is 4.70. The highest BCUT2D eigenvalue weighted by Crippen LogP contribution is 2.33. The van der Waals surface area contributed by atoms with Gasteiger partial charge in [-0.15, -0.1) is 0 Å². The molecule has 0 spiro atoms. The molecular formula is C23H45N5S4. The molecule has 0 unspecified atom stereocenters. The summed E-state index contributed by atoms with van der Waals surface area (Å²) in [7, 11) is 0. The van der Waals surface area contributed by atoms with Crippen LogP contribution in [0.3, 0.4) is 0 Å². The van der Waals surface area contributed by atoms with Crippen LogP contribution in [0.25, 0.3) is 0 Å². The molecule has 0 N–H and O–H groups in total. The van der Waals surface area contributed by atoms with Gasteiger partial charge in [0.15, 0.2) is 0 Å². The monoisotopic (exact) mass is 519 g/mol. The van der Waals surface area contributed by atoms with E-state index in [4.69, 9.17) is 4.98 Å². The van der Waals surface area contributed by atoms with Gasteiger partial charge in [-0.2, -0.15) is 15.0 Å². The number of hydrogen-bond donors (Lipinski definition) is 0. The molecule has 186 valence electrons. The molecule has 0 aliphatic heterocycles. The fourth-order valence-corrected chi connectivity index (χ4v) is 7.06. The van der Waals surface area contributed by atoms with Crippen molar-refractivity contribution in [3.8, 4) is 0 Å². The highest BCUT2D eigenvalue weighted by atomic mass is 32.2. The second kappa shape index (κ2) is 21.5. The summed E-state index contributed by atoms with van der Waals surface area (Å²) in [6, 6.07) is 0. The second-order valence-electron chi connectivity index (χ2n) is 7.76. The van der Waals surface area contributed by atoms with Crippen LogP contribution in [0.4, 0.5) is 11.9 Å². The maximum atomic E-state index is 4.92. The molecule has 32 heavy (non-hydrogen) atoms. The van der Waals surface area contributed by atoms with Gasteiger partial charge >= 0.3 is 0 Å². The lowest BCUT2D eigenvalue weighted by atomic mass is 10.3. The van der Waals surface area contributed by atoms with Crippen molar-refractivity contribution in [3.63, 3.8) is 0 Å². The fourth-order valence-electron chi connectivity index (χ4n) is 2.76. The Morgan fingerprint density at radius 2 is 0.844 bits per heavy atom. The lowest BCUT2D eigenvalue weighted by molar-refractivity contribution is 0.777. The molecule has 1 rings (SSSR count). The fraction of sp³-hybridized carbons (Fsp3) is 0.870. The molecule has 5 nitrogen and oxygen atoms in total. The molecule has 1 aromatic rings. The minimum atomic E-state index is 0.784. The molecule has 0 saturated carbocycles. The Morgan fingerprint density at radius 3 is 1.12 bits per heavy atom. The summed E-state index contributed by atoms with van der Waals surface area (Å²) in [6.45, 7) is 9.02. The molecular weight excluding hydrogens is 475 g/mol. The van der Waals surface area contributed by atoms with Crippen molar-refractivity contribution in [2.75, 3.05) is 30.4 Å². The highest BCUT2D eigenvalue weighted by Gasteiger charge is 2.17. The van der Waals surface area contributed by atoms with E-state index in [9.17, 15) is 0 Å². The predicted octanol–water partition coefficient (Wildman–Crippen LogP) is 8.84. The average Bonchev–Trinajstić information content (AvgIpc) is 2.82. The van der Waals surface area contributed by atoms with E-state index < -0.39 is 0 Å². The molecule has 0 saturated heterocycles. The van der Waals surface area contributed by atoms with Gasteiger partial charge in [0.05, 0.1) is 0 Å². The summed E-state index contributed by atoms with van der Waals surface area (Å²) >= 11 is 7.41. The lowest BCUT2D eigenvalue weighted by Crippen LogP contribution is -2.15. The van der Waals surface area contributed by atoms with E-state index >= 15 is 0 Å². The summed E-state index contributed by atoms with van der Waals surface area (Å²) in [5.74, 6) is 6.00. The van der Waals surface area contributed by atoms with E-state index in [-0.39, 0.29) is 0 Å². The zero-order valence-corrected chi connectivity index (χ0v) is 24.0. The second-order valence-corrected chi connectivity index (χ2v) is 12.3. The van der Waals surface area contributed by atoms with Gasteiger partial charge < -0.3 is 0 Å². The predicted molar refractivity (Wildman–Crippen MR) is 153 cm³/mol. The van der Waals surface area contributed by atoms with E-state index in [1.165, 1.54) is 77.0 Å². The van der Waals surface area contributed by atoms with Gasteiger partial charge in [0.1, 0.15) is 6.33 Å². The minimum absolute atomic E-state index is 0.784. The Bertz CT molecular complexity index is 486. The van der Waals surface area contributed by atoms with E-state index in [2.05, 4.69) is 45.1 Å². The van der Waals surface area contributed by atoms with Crippen molar-refractivity contribution in [2.24, 2.45) is 0 Å². The van der Waals surface area contributed by atoms with Crippen molar-refractivity contribution in [1.82, 2.24) is 15.0 Å². The maximum Gasteiger partial charge on any atom is 0.251 e. The first kappa shape index (κ1) is 30.0. The SMILES string of the molecule is CCCCCSN(SCCCCC)c1ncnc(N(SCCCCC)SCCCCC)n1. The zero-order chi connectivity index (χ0) is 23.3. The van der Waals surface area contributed by atoms with Crippen LogP contribution in [0.1, 0.15) is 105 Å². The molecule has 0 fully saturated rings. The summed E-state index contributed by atoms with van der Waals surface area (Å²) in [4.78, 5) is 14.0. The lowest BCUT2D eigenvalue weighted by Gasteiger charge is -2.23. The van der Waals surface area contributed by atoms with Crippen LogP contribution in [-0.4, -0.2) is 38.0 Å². The van der Waals surface area contributed by atoms with Gasteiger partial charge in [-0.05, 0) is 73.5 Å². The van der Waals surface area contributed by atoms with E-state index in [1.54, 1.807) is 6.33 Å². The summed E-state index contributed by atoms with van der Waals surface area (Å²) in [5, 5.41) is 0. The Morgan fingerprint density at radius 1 is 0.531 bits per heavy atom. The largest absolute Gasteiger partial charge is 0.251 e. The average molecular weight is 520 g/mol. The standard InChI is InChI=1S/C23H45N5S4/c1-5-9-13-17-29-27(30-18-14-10-6-2)22-24-21-25-23(26-22)28(31-19-15-11-7-3)32-20-16-12-8-4/h21H,5-20H2,1-4H3. The number of anilines is 2. The molecule has 0 atom stereocenters. The maximum absolute atomic E-state index is 4.92. The topological polar surface area (TPSA) is 45.2 Å². The van der Waals surface area contributed by atoms with Gasteiger partial charge in [-0.3, -0.25) is 0 Å². The third kappa shape index (κ3) is 14.3. The summed E-state index contributed by atoms with van der Waals surface area (Å²) < 4.78 is 4.47. The molecule has 0 radical (unpaired) electrons. The van der Waals surface area contributed by atoms with Crippen LogP contribution in [0.2, 0.25) is 0 Å². The van der Waals surface area contributed by atoms with Gasteiger partial charge in [0.2, 0.25) is 0 Å². The number of nitrogens with zero attached hydrogens (tertiary/aromatic N) is 5. The molecule has 1 heterocycles. The Hall–Kier alpha value is 0.01000. The Balaban J connectivity index is 2.84. The van der Waals surface area contributed by atoms with Gasteiger partial charge in [0.25, 0.3) is 11.9 Å². The Kier molecular flexibility index (Phi) is 20.2. The van der Waals surface area contributed by atoms with Gasteiger partial charge in [-0.25, -0.2) is 7.42 Å². The van der Waals surface area contributed by atoms with Crippen molar-refractivity contribution in [2.45, 2.75) is 105 Å². The molecule has 0 aliphatic carbocycles. The zero-order valence-electron chi connectivity index (χ0n) is 20.8. The molecule has 0 bridgehead atoms. The normalized spacial score (nSPS) is 11.1. The number of rotatable bonds is 22. The minimum Gasteiger partial charge on any atom is -0.225 e. The van der Waals surface area contributed by atoms with Gasteiger partial charge in [0, 0.05) is 23.0 Å². The first-order valence-corrected chi connectivity index (χ1v) is 16.3. The van der Waals surface area contributed by atoms with Gasteiger partial charge in [-0.1, -0.05) is 79.1 Å². The van der Waals surface area contributed by atoms with Crippen LogP contribution in [0, 0.1) is 0 Å². The third-order valence-corrected chi connectivity index (χ3v) is 9.44. The molecule has 0 aliphatic rings. The summed E-state index contributed by atoms with van der Waals surface area (Å²) in [5.41, 5.74) is 0. The first-order valence-electron chi connectivity index (χ1n) is 12.6. The number of aromatic nitrogens is 3. The molecule has 0 aromatic carbocycles. The molecule has 9 heteroatoms. The Labute approximate surface area is 215 Å². The van der Waals surface area contributed by atoms with Crippen molar-refractivity contribution in [3.05, 3.63) is 6.33 Å². The molecule has 0 amide bonds. The molecule has 1 aromatic heterocycles. The van der Waals surface area contributed by atoms with Crippen molar-refractivity contribution >= 4 is 59.7 Å². The first-order chi connectivity index (χ1) is 15.8. The van der Waals surface area contributed by atoms with Crippen molar-refractivity contribution in [1.29, 1.82) is 0 Å². The smallest absolute Gasteiger partial charge is 0.225 e. The van der Waals surface area contributed by atoms with Crippen LogP contribution in [0.15, 0.2) is 6.33 Å². The van der Waals surface area contributed by atoms with Crippen LogP contribution >= 0.6 is 47.8 Å². The van der Waals surface area contributed by atoms with E-state index in [1.807, 2.05) is 47.8 Å². The highest BCUT2D eigenvalue weighted by molar-refractivity contribution is 8.18. The van der Waals surface area contributed by atoms with E-state index in [0.717, 1.165) is 34.9 Å². The summed E-state index contributed by atoms with van der Waals surface area (Å²) in [6.07, 6.45) is 16.7. The quantitative estimate of drug-likeness (QED) is 0.110. The van der Waals surface area contributed by atoms with Crippen LogP contribution in [0.5, 0.6) is 0 Å². The van der Waals surface area contributed by atoms with Crippen LogP contribution < -0.4 is 7.42 Å².